The molecule has 4 heteroatoms. The monoisotopic (exact) mass is 277 g/mol. The maximum atomic E-state index is 5.98. The molecule has 2 unspecified atom stereocenters. The van der Waals surface area contributed by atoms with Crippen LogP contribution in [0.25, 0.3) is 0 Å². The fraction of sp³-hybridized carbons (Fsp3) is 0.625. The molecule has 4 nitrogen and oxygen atoms in total. The number of rotatable bonds is 2. The van der Waals surface area contributed by atoms with E-state index >= 15 is 0 Å². The summed E-state index contributed by atoms with van der Waals surface area (Å²) in [6.07, 6.45) is 3.27. The van der Waals surface area contributed by atoms with Gasteiger partial charge in [-0.05, 0) is 30.5 Å². The summed E-state index contributed by atoms with van der Waals surface area (Å²) < 4.78 is 17.4. The molecule has 0 spiro atoms. The molecule has 1 aromatic carbocycles. The van der Waals surface area contributed by atoms with E-state index in [2.05, 4.69) is 24.4 Å². The molecule has 3 rings (SSSR count). The zero-order valence-electron chi connectivity index (χ0n) is 12.1. The number of nitrogens with one attached hydrogen (secondary N) is 1. The molecule has 0 amide bonds. The van der Waals surface area contributed by atoms with Crippen molar-refractivity contribution in [2.45, 2.75) is 38.3 Å². The van der Waals surface area contributed by atoms with Gasteiger partial charge in [0.2, 0.25) is 0 Å². The molecule has 0 bridgehead atoms. The predicted molar refractivity (Wildman–Crippen MR) is 77.4 cm³/mol. The van der Waals surface area contributed by atoms with Crippen molar-refractivity contribution in [3.63, 3.8) is 0 Å². The minimum Gasteiger partial charge on any atom is -0.490 e. The van der Waals surface area contributed by atoms with Crippen LogP contribution in [0, 0.1) is 0 Å². The summed E-state index contributed by atoms with van der Waals surface area (Å²) in [6.45, 7) is 5.33. The number of ether oxygens (including phenoxy) is 3. The summed E-state index contributed by atoms with van der Waals surface area (Å²) in [4.78, 5) is 0. The van der Waals surface area contributed by atoms with Crippen molar-refractivity contribution in [3.05, 3.63) is 23.8 Å². The fourth-order valence-corrected chi connectivity index (χ4v) is 2.73. The van der Waals surface area contributed by atoms with Crippen molar-refractivity contribution in [1.82, 2.24) is 5.32 Å². The van der Waals surface area contributed by atoms with Gasteiger partial charge >= 0.3 is 0 Å². The van der Waals surface area contributed by atoms with Crippen LogP contribution in [0.3, 0.4) is 0 Å². The molecular formula is C16H23NO3. The molecule has 0 aromatic heterocycles. The standard InChI is InChI=1S/C16H23NO3/c1-2-13-6-9-20-16(11-17-13)12-4-5-14-15(10-12)19-8-3-7-18-14/h4-5,10,13,16-17H,2-3,6-9,11H2,1H3. The zero-order chi connectivity index (χ0) is 13.8. The van der Waals surface area contributed by atoms with Crippen LogP contribution in [0.1, 0.15) is 37.9 Å². The smallest absolute Gasteiger partial charge is 0.161 e. The van der Waals surface area contributed by atoms with E-state index in [1.165, 1.54) is 5.56 Å². The van der Waals surface area contributed by atoms with E-state index in [4.69, 9.17) is 14.2 Å². The van der Waals surface area contributed by atoms with Crippen LogP contribution in [0.5, 0.6) is 11.5 Å². The van der Waals surface area contributed by atoms with Gasteiger partial charge in [-0.25, -0.2) is 0 Å². The van der Waals surface area contributed by atoms with Crippen molar-refractivity contribution in [3.8, 4) is 11.5 Å². The van der Waals surface area contributed by atoms with Gasteiger partial charge in [0.15, 0.2) is 11.5 Å². The topological polar surface area (TPSA) is 39.7 Å². The molecule has 0 saturated carbocycles. The Morgan fingerprint density at radius 3 is 2.85 bits per heavy atom. The van der Waals surface area contributed by atoms with E-state index < -0.39 is 0 Å². The van der Waals surface area contributed by atoms with Gasteiger partial charge in [0.1, 0.15) is 0 Å². The number of fused-ring (bicyclic) bond motifs is 1. The Balaban J connectivity index is 1.75. The largest absolute Gasteiger partial charge is 0.490 e. The molecule has 2 heterocycles. The number of benzene rings is 1. The first kappa shape index (κ1) is 13.7. The molecule has 2 aliphatic heterocycles. The van der Waals surface area contributed by atoms with E-state index in [-0.39, 0.29) is 6.10 Å². The molecule has 20 heavy (non-hydrogen) atoms. The third-order valence-corrected chi connectivity index (χ3v) is 4.01. The summed E-state index contributed by atoms with van der Waals surface area (Å²) in [7, 11) is 0. The lowest BCUT2D eigenvalue weighted by Gasteiger charge is -2.18. The minimum absolute atomic E-state index is 0.101. The highest BCUT2D eigenvalue weighted by molar-refractivity contribution is 5.44. The number of hydrogen-bond acceptors (Lipinski definition) is 4. The molecule has 1 aromatic rings. The Hall–Kier alpha value is -1.26. The van der Waals surface area contributed by atoms with E-state index in [0.717, 1.165) is 57.1 Å². The molecule has 110 valence electrons. The molecule has 1 saturated heterocycles. The molecule has 2 aliphatic rings. The first-order valence-electron chi connectivity index (χ1n) is 7.61. The van der Waals surface area contributed by atoms with Crippen LogP contribution >= 0.6 is 0 Å². The van der Waals surface area contributed by atoms with Crippen LogP contribution in [0.15, 0.2) is 18.2 Å². The molecule has 0 aliphatic carbocycles. The van der Waals surface area contributed by atoms with Crippen LogP contribution in [0.2, 0.25) is 0 Å². The van der Waals surface area contributed by atoms with Gasteiger partial charge in [-0.1, -0.05) is 13.0 Å². The second-order valence-corrected chi connectivity index (χ2v) is 5.42. The van der Waals surface area contributed by atoms with Crippen molar-refractivity contribution < 1.29 is 14.2 Å². The number of hydrogen-bond donors (Lipinski definition) is 1. The van der Waals surface area contributed by atoms with Gasteiger partial charge < -0.3 is 19.5 Å². The summed E-state index contributed by atoms with van der Waals surface area (Å²) in [5.41, 5.74) is 1.17. The quantitative estimate of drug-likeness (QED) is 0.902. The fourth-order valence-electron chi connectivity index (χ4n) is 2.73. The lowest BCUT2D eigenvalue weighted by molar-refractivity contribution is 0.0661. The van der Waals surface area contributed by atoms with Gasteiger partial charge in [-0.2, -0.15) is 0 Å². The Kier molecular flexibility index (Phi) is 4.43. The Bertz CT molecular complexity index is 449. The van der Waals surface area contributed by atoms with E-state index in [9.17, 15) is 0 Å². The third-order valence-electron chi connectivity index (χ3n) is 4.01. The summed E-state index contributed by atoms with van der Waals surface area (Å²) in [5, 5.41) is 3.58. The Morgan fingerprint density at radius 2 is 2.00 bits per heavy atom. The highest BCUT2D eigenvalue weighted by atomic mass is 16.5. The zero-order valence-corrected chi connectivity index (χ0v) is 12.1. The molecular weight excluding hydrogens is 254 g/mol. The minimum atomic E-state index is 0.101. The molecule has 2 atom stereocenters. The van der Waals surface area contributed by atoms with E-state index in [1.807, 2.05) is 6.07 Å². The normalized spacial score (nSPS) is 26.6. The van der Waals surface area contributed by atoms with Crippen LogP contribution in [-0.4, -0.2) is 32.4 Å². The Morgan fingerprint density at radius 1 is 1.15 bits per heavy atom. The van der Waals surface area contributed by atoms with Crippen molar-refractivity contribution in [2.75, 3.05) is 26.4 Å². The van der Waals surface area contributed by atoms with Gasteiger partial charge in [-0.3, -0.25) is 0 Å². The van der Waals surface area contributed by atoms with Crippen LogP contribution < -0.4 is 14.8 Å². The maximum absolute atomic E-state index is 5.98. The lowest BCUT2D eigenvalue weighted by atomic mass is 10.1. The van der Waals surface area contributed by atoms with Gasteiger partial charge in [0.25, 0.3) is 0 Å². The summed E-state index contributed by atoms with van der Waals surface area (Å²) >= 11 is 0. The highest BCUT2D eigenvalue weighted by Gasteiger charge is 2.21. The molecule has 1 fully saturated rings. The SMILES string of the molecule is CCC1CCOC(c2ccc3c(c2)OCCCO3)CN1. The van der Waals surface area contributed by atoms with Crippen molar-refractivity contribution in [1.29, 1.82) is 0 Å². The van der Waals surface area contributed by atoms with Gasteiger partial charge in [0.05, 0.1) is 19.3 Å². The molecule has 0 radical (unpaired) electrons. The van der Waals surface area contributed by atoms with Gasteiger partial charge in [0, 0.05) is 25.6 Å². The predicted octanol–water partition coefficient (Wildman–Crippen LogP) is 2.68. The van der Waals surface area contributed by atoms with E-state index in [0.29, 0.717) is 6.04 Å². The average Bonchev–Trinajstić information content (AvgIpc) is 2.86. The van der Waals surface area contributed by atoms with E-state index in [1.54, 1.807) is 0 Å². The first-order valence-corrected chi connectivity index (χ1v) is 7.61. The van der Waals surface area contributed by atoms with Crippen LogP contribution in [0.4, 0.5) is 0 Å². The second-order valence-electron chi connectivity index (χ2n) is 5.42. The maximum Gasteiger partial charge on any atom is 0.161 e. The lowest BCUT2D eigenvalue weighted by Crippen LogP contribution is -2.29. The van der Waals surface area contributed by atoms with Crippen molar-refractivity contribution in [2.24, 2.45) is 0 Å². The van der Waals surface area contributed by atoms with Gasteiger partial charge in [-0.15, -0.1) is 0 Å². The van der Waals surface area contributed by atoms with Crippen molar-refractivity contribution >= 4 is 0 Å². The second kappa shape index (κ2) is 6.46. The van der Waals surface area contributed by atoms with Crippen LogP contribution in [-0.2, 0) is 4.74 Å². The molecule has 1 N–H and O–H groups in total. The summed E-state index contributed by atoms with van der Waals surface area (Å²) in [6, 6.07) is 6.73. The first-order chi connectivity index (χ1) is 9.86. The summed E-state index contributed by atoms with van der Waals surface area (Å²) in [5.74, 6) is 1.69. The Labute approximate surface area is 120 Å². The highest BCUT2D eigenvalue weighted by Crippen LogP contribution is 2.33. The average molecular weight is 277 g/mol. The third kappa shape index (κ3) is 3.07.